The Morgan fingerprint density at radius 3 is 0.698 bits per heavy atom. The van der Waals surface area contributed by atoms with Gasteiger partial charge in [0.15, 0.2) is 6.10 Å². The summed E-state index contributed by atoms with van der Waals surface area (Å²) in [5, 5.41) is 9.72. The number of aliphatic hydroxyl groups is 1. The van der Waals surface area contributed by atoms with E-state index in [2.05, 4.69) is 148 Å². The number of allylic oxidation sites excluding steroid dienone is 22. The number of rotatable bonds is 67. The van der Waals surface area contributed by atoms with E-state index < -0.39 is 6.10 Å². The molecule has 1 atom stereocenters. The van der Waals surface area contributed by atoms with E-state index in [1.165, 1.54) is 212 Å². The maximum atomic E-state index is 12.4. The number of carbonyl (C=O) groups is 2. The van der Waals surface area contributed by atoms with Gasteiger partial charge < -0.3 is 14.6 Å². The highest BCUT2D eigenvalue weighted by Gasteiger charge is 2.16. The summed E-state index contributed by atoms with van der Waals surface area (Å²) in [7, 11) is 0. The van der Waals surface area contributed by atoms with E-state index in [1.807, 2.05) is 0 Å². The Morgan fingerprint density at radius 2 is 0.465 bits per heavy atom. The predicted octanol–water partition coefficient (Wildman–Crippen LogP) is 25.9. The van der Waals surface area contributed by atoms with Crippen LogP contribution >= 0.6 is 0 Å². The number of unbranched alkanes of at least 4 members (excludes halogenated alkanes) is 37. The zero-order valence-corrected chi connectivity index (χ0v) is 56.5. The van der Waals surface area contributed by atoms with Crippen LogP contribution in [0.25, 0.3) is 0 Å². The first-order valence-electron chi connectivity index (χ1n) is 36.7. The van der Waals surface area contributed by atoms with Crippen LogP contribution in [0.3, 0.4) is 0 Å². The summed E-state index contributed by atoms with van der Waals surface area (Å²) in [6.45, 7) is 3.95. The van der Waals surface area contributed by atoms with E-state index in [1.54, 1.807) is 0 Å². The maximum Gasteiger partial charge on any atom is 0.306 e. The molecule has 0 heterocycles. The summed E-state index contributed by atoms with van der Waals surface area (Å²) < 4.78 is 10.8. The third-order valence-corrected chi connectivity index (χ3v) is 15.9. The second-order valence-corrected chi connectivity index (χ2v) is 24.3. The molecule has 0 fully saturated rings. The zero-order chi connectivity index (χ0) is 61.9. The molecule has 5 nitrogen and oxygen atoms in total. The molecule has 1 N–H and O–H groups in total. The van der Waals surface area contributed by atoms with Gasteiger partial charge in [-0.2, -0.15) is 0 Å². The molecule has 0 aliphatic rings. The molecule has 86 heavy (non-hydrogen) atoms. The summed E-state index contributed by atoms with van der Waals surface area (Å²) in [4.78, 5) is 24.7. The van der Waals surface area contributed by atoms with Crippen molar-refractivity contribution in [2.24, 2.45) is 0 Å². The monoisotopic (exact) mass is 1190 g/mol. The molecule has 0 rings (SSSR count). The quantitative estimate of drug-likeness (QED) is 0.0373. The van der Waals surface area contributed by atoms with Gasteiger partial charge in [0.25, 0.3) is 0 Å². The van der Waals surface area contributed by atoms with Gasteiger partial charge in [-0.15, -0.1) is 0 Å². The molecule has 0 aromatic rings. The summed E-state index contributed by atoms with van der Waals surface area (Å²) in [5.74, 6) is -0.579. The average Bonchev–Trinajstić information content (AvgIpc) is 3.53. The number of ether oxygens (including phenoxy) is 2. The molecule has 0 amide bonds. The Hall–Kier alpha value is -3.96. The molecule has 0 bridgehead atoms. The molecule has 0 saturated heterocycles. The lowest BCUT2D eigenvalue weighted by molar-refractivity contribution is -0.161. The van der Waals surface area contributed by atoms with E-state index in [-0.39, 0.29) is 25.2 Å². The molecule has 0 aliphatic heterocycles. The second-order valence-electron chi connectivity index (χ2n) is 24.3. The lowest BCUT2D eigenvalue weighted by atomic mass is 10.0. The van der Waals surface area contributed by atoms with Crippen LogP contribution in [0.4, 0.5) is 0 Å². The molecule has 0 radical (unpaired) electrons. The summed E-state index contributed by atoms with van der Waals surface area (Å²) in [6.07, 6.45) is 112. The molecule has 0 spiro atoms. The van der Waals surface area contributed by atoms with Crippen LogP contribution in [0.2, 0.25) is 0 Å². The van der Waals surface area contributed by atoms with Gasteiger partial charge in [-0.25, -0.2) is 0 Å². The minimum absolute atomic E-state index is 0.0668. The van der Waals surface area contributed by atoms with Crippen LogP contribution in [0.15, 0.2) is 134 Å². The van der Waals surface area contributed by atoms with E-state index >= 15 is 0 Å². The third-order valence-electron chi connectivity index (χ3n) is 15.9. The Bertz CT molecular complexity index is 1730. The van der Waals surface area contributed by atoms with Gasteiger partial charge >= 0.3 is 11.9 Å². The van der Waals surface area contributed by atoms with E-state index in [9.17, 15) is 14.7 Å². The van der Waals surface area contributed by atoms with Crippen molar-refractivity contribution in [1.82, 2.24) is 0 Å². The van der Waals surface area contributed by atoms with Gasteiger partial charge in [0, 0.05) is 12.8 Å². The number of hydrogen-bond acceptors (Lipinski definition) is 5. The first kappa shape index (κ1) is 82.0. The Morgan fingerprint density at radius 1 is 0.267 bits per heavy atom. The van der Waals surface area contributed by atoms with E-state index in [4.69, 9.17) is 9.47 Å². The van der Waals surface area contributed by atoms with Crippen LogP contribution in [-0.4, -0.2) is 36.4 Å². The molecular weight excluding hydrogens is 1050 g/mol. The van der Waals surface area contributed by atoms with Gasteiger partial charge in [0.05, 0.1) is 6.61 Å². The second kappa shape index (κ2) is 75.3. The van der Waals surface area contributed by atoms with Crippen molar-refractivity contribution in [2.45, 2.75) is 354 Å². The van der Waals surface area contributed by atoms with Crippen LogP contribution in [0, 0.1) is 0 Å². The number of hydrogen-bond donors (Lipinski definition) is 1. The first-order chi connectivity index (χ1) is 42.6. The van der Waals surface area contributed by atoms with Crippen molar-refractivity contribution in [3.8, 4) is 0 Å². The van der Waals surface area contributed by atoms with Crippen molar-refractivity contribution in [3.63, 3.8) is 0 Å². The third kappa shape index (κ3) is 72.5. The van der Waals surface area contributed by atoms with E-state index in [0.29, 0.717) is 12.8 Å². The Labute approximate surface area is 534 Å². The summed E-state index contributed by atoms with van der Waals surface area (Å²) in [6, 6.07) is 0. The van der Waals surface area contributed by atoms with Gasteiger partial charge in [-0.05, 0) is 109 Å². The van der Waals surface area contributed by atoms with Gasteiger partial charge in [-0.1, -0.05) is 359 Å². The summed E-state index contributed by atoms with van der Waals surface area (Å²) in [5.41, 5.74) is 0. The Kier molecular flexibility index (Phi) is 71.8. The highest BCUT2D eigenvalue weighted by Crippen LogP contribution is 2.18. The SMILES string of the molecule is CC/C=C\C/C=C\C/C=C\C/C=C\C/C=C\C/C=C\C/C=C\CCCCCCCCCCCCCCCCCC(=O)OC(CO)COC(=O)CCCCCCCCCCCCCCCCCCCCCCCC/C=C\C/C=C\C/C=C\C/C=C\CC. The van der Waals surface area contributed by atoms with Crippen molar-refractivity contribution in [2.75, 3.05) is 13.2 Å². The van der Waals surface area contributed by atoms with Crippen LogP contribution in [0.1, 0.15) is 348 Å². The van der Waals surface area contributed by atoms with Gasteiger partial charge in [0.1, 0.15) is 6.61 Å². The van der Waals surface area contributed by atoms with Gasteiger partial charge in [-0.3, -0.25) is 9.59 Å². The van der Waals surface area contributed by atoms with Crippen molar-refractivity contribution in [1.29, 1.82) is 0 Å². The zero-order valence-electron chi connectivity index (χ0n) is 56.5. The fraction of sp³-hybridized carbons (Fsp3) is 0.704. The van der Waals surface area contributed by atoms with Crippen LogP contribution < -0.4 is 0 Å². The van der Waals surface area contributed by atoms with Crippen molar-refractivity contribution in [3.05, 3.63) is 134 Å². The topological polar surface area (TPSA) is 72.8 Å². The smallest absolute Gasteiger partial charge is 0.306 e. The number of carbonyl (C=O) groups excluding carboxylic acids is 2. The molecule has 0 aromatic heterocycles. The highest BCUT2D eigenvalue weighted by molar-refractivity contribution is 5.70. The summed E-state index contributed by atoms with van der Waals surface area (Å²) >= 11 is 0. The predicted molar refractivity (Wildman–Crippen MR) is 380 cm³/mol. The normalized spacial score (nSPS) is 13.0. The molecule has 0 aliphatic carbocycles. The fourth-order valence-corrected chi connectivity index (χ4v) is 10.5. The molecule has 0 saturated carbocycles. The fourth-order valence-electron chi connectivity index (χ4n) is 10.5. The molecule has 5 heteroatoms. The number of esters is 2. The molecule has 1 unspecified atom stereocenters. The van der Waals surface area contributed by atoms with E-state index in [0.717, 1.165) is 109 Å². The first-order valence-corrected chi connectivity index (χ1v) is 36.7. The molecule has 492 valence electrons. The van der Waals surface area contributed by atoms with Crippen LogP contribution in [-0.2, 0) is 19.1 Å². The minimum atomic E-state index is -0.779. The molecule has 0 aromatic carbocycles. The Balaban J connectivity index is 3.45. The average molecular weight is 1190 g/mol. The van der Waals surface area contributed by atoms with Crippen molar-refractivity contribution < 1.29 is 24.2 Å². The lowest BCUT2D eigenvalue weighted by Crippen LogP contribution is -2.28. The van der Waals surface area contributed by atoms with Gasteiger partial charge in [0.2, 0.25) is 0 Å². The highest BCUT2D eigenvalue weighted by atomic mass is 16.6. The maximum absolute atomic E-state index is 12.4. The van der Waals surface area contributed by atoms with Crippen molar-refractivity contribution >= 4 is 11.9 Å². The number of aliphatic hydroxyl groups excluding tert-OH is 1. The minimum Gasteiger partial charge on any atom is -0.462 e. The largest absolute Gasteiger partial charge is 0.462 e. The lowest BCUT2D eigenvalue weighted by Gasteiger charge is -2.15. The molecular formula is C81H138O5. The standard InChI is InChI=1S/C81H138O5/c1-3-5-7-9-11-13-15-17-19-21-23-25-27-29-31-33-35-37-39-40-42-44-46-48-50-52-54-56-58-60-62-64-66-68-70-72-74-76-81(84)86-79(77-82)78-85-80(83)75-73-71-69-67-65-63-61-59-57-55-53-51-49-47-45-43-41-38-36-34-32-30-28-26-24-22-20-18-16-14-12-10-8-6-4-2/h5-8,11-14,17-20,23-26,29,31,35,37,40,42,79,82H,3-4,9-10,15-16,21-22,27-28,30,32-34,36,38-39,41,43-78H2,1-2H3/b7-5-,8-6-,13-11-,14-12-,19-17-,20-18-,25-23-,26-24-,31-29-,37-35-,42-40-. The van der Waals surface area contributed by atoms with Crippen LogP contribution in [0.5, 0.6) is 0 Å².